The first kappa shape index (κ1) is 17.5. The van der Waals surface area contributed by atoms with Gasteiger partial charge in [-0.2, -0.15) is 0 Å². The Hall–Kier alpha value is -2.33. The number of nitrogens with zero attached hydrogens (tertiary/aromatic N) is 1. The lowest BCUT2D eigenvalue weighted by atomic mass is 10.0. The fraction of sp³-hybridized carbons (Fsp3) is 0.238. The second-order valence-corrected chi connectivity index (χ2v) is 7.20. The van der Waals surface area contributed by atoms with Gasteiger partial charge in [0.2, 0.25) is 5.91 Å². The quantitative estimate of drug-likeness (QED) is 0.686. The summed E-state index contributed by atoms with van der Waals surface area (Å²) in [6.07, 6.45) is 0. The molecular formula is C21H22N2OS. The maximum absolute atomic E-state index is 12.1. The molecule has 0 saturated carbocycles. The molecule has 0 saturated heterocycles. The van der Waals surface area contributed by atoms with E-state index in [1.165, 1.54) is 22.9 Å². The van der Waals surface area contributed by atoms with Gasteiger partial charge in [-0.25, -0.2) is 4.98 Å². The van der Waals surface area contributed by atoms with Crippen molar-refractivity contribution in [1.29, 1.82) is 0 Å². The molecule has 0 unspecified atom stereocenters. The molecule has 1 heterocycles. The third-order valence-electron chi connectivity index (χ3n) is 4.33. The molecule has 3 nitrogen and oxygen atoms in total. The van der Waals surface area contributed by atoms with E-state index in [2.05, 4.69) is 37.4 Å². The molecule has 0 aliphatic heterocycles. The molecule has 0 aliphatic rings. The Balaban J connectivity index is 1.67. The maximum Gasteiger partial charge on any atom is 0.230 e. The molecule has 3 rings (SSSR count). The van der Waals surface area contributed by atoms with Crippen LogP contribution >= 0.6 is 11.8 Å². The highest BCUT2D eigenvalue weighted by Crippen LogP contribution is 2.27. The zero-order valence-electron chi connectivity index (χ0n) is 14.8. The van der Waals surface area contributed by atoms with Crippen molar-refractivity contribution in [2.45, 2.75) is 32.3 Å². The van der Waals surface area contributed by atoms with Crippen molar-refractivity contribution in [2.24, 2.45) is 0 Å². The molecule has 0 bridgehead atoms. The molecule has 2 aromatic carbocycles. The summed E-state index contributed by atoms with van der Waals surface area (Å²) >= 11 is 1.50. The molecule has 0 aliphatic carbocycles. The van der Waals surface area contributed by atoms with Gasteiger partial charge in [0.1, 0.15) is 5.03 Å². The summed E-state index contributed by atoms with van der Waals surface area (Å²) in [4.78, 5) is 16.9. The first-order chi connectivity index (χ1) is 12.0. The molecule has 0 spiro atoms. The highest BCUT2D eigenvalue weighted by molar-refractivity contribution is 7.99. The summed E-state index contributed by atoms with van der Waals surface area (Å²) in [6, 6.07) is 16.3. The van der Waals surface area contributed by atoms with Crippen molar-refractivity contribution in [3.8, 4) is 0 Å². The van der Waals surface area contributed by atoms with E-state index < -0.39 is 0 Å². The molecule has 1 amide bonds. The largest absolute Gasteiger partial charge is 0.351 e. The molecule has 1 aromatic heterocycles. The van der Waals surface area contributed by atoms with E-state index in [4.69, 9.17) is 4.98 Å². The van der Waals surface area contributed by atoms with Crippen LogP contribution in [-0.4, -0.2) is 16.6 Å². The van der Waals surface area contributed by atoms with E-state index in [9.17, 15) is 4.79 Å². The van der Waals surface area contributed by atoms with E-state index in [-0.39, 0.29) is 5.91 Å². The third kappa shape index (κ3) is 4.20. The predicted octanol–water partition coefficient (Wildman–Crippen LogP) is 4.57. The van der Waals surface area contributed by atoms with Crippen LogP contribution in [0, 0.1) is 20.8 Å². The summed E-state index contributed by atoms with van der Waals surface area (Å²) < 4.78 is 0. The van der Waals surface area contributed by atoms with Gasteiger partial charge >= 0.3 is 0 Å². The number of hydrogen-bond donors (Lipinski definition) is 1. The lowest BCUT2D eigenvalue weighted by molar-refractivity contribution is -0.118. The molecule has 25 heavy (non-hydrogen) atoms. The SMILES string of the molecule is Cc1cc2ccc(C)c(C)c2nc1SCC(=O)NCc1ccccc1. The number of rotatable bonds is 5. The molecule has 1 N–H and O–H groups in total. The van der Waals surface area contributed by atoms with Gasteiger partial charge in [-0.05, 0) is 49.1 Å². The Morgan fingerprint density at radius 1 is 1.04 bits per heavy atom. The summed E-state index contributed by atoms with van der Waals surface area (Å²) in [7, 11) is 0. The van der Waals surface area contributed by atoms with Crippen LogP contribution in [0.3, 0.4) is 0 Å². The number of hydrogen-bond acceptors (Lipinski definition) is 3. The van der Waals surface area contributed by atoms with Crippen LogP contribution < -0.4 is 5.32 Å². The number of carbonyl (C=O) groups is 1. The normalized spacial score (nSPS) is 10.8. The lowest BCUT2D eigenvalue weighted by Gasteiger charge is -2.10. The number of aromatic nitrogens is 1. The molecule has 0 fully saturated rings. The van der Waals surface area contributed by atoms with E-state index in [0.717, 1.165) is 27.1 Å². The van der Waals surface area contributed by atoms with E-state index in [1.54, 1.807) is 0 Å². The minimum absolute atomic E-state index is 0.0242. The number of thioether (sulfide) groups is 1. The Kier molecular flexibility index (Phi) is 5.39. The zero-order valence-corrected chi connectivity index (χ0v) is 15.6. The van der Waals surface area contributed by atoms with Gasteiger partial charge in [0, 0.05) is 11.9 Å². The number of pyridine rings is 1. The van der Waals surface area contributed by atoms with Crippen molar-refractivity contribution >= 4 is 28.6 Å². The monoisotopic (exact) mass is 350 g/mol. The minimum Gasteiger partial charge on any atom is -0.351 e. The summed E-state index contributed by atoms with van der Waals surface area (Å²) in [5.74, 6) is 0.396. The van der Waals surface area contributed by atoms with Gasteiger partial charge < -0.3 is 5.32 Å². The maximum atomic E-state index is 12.1. The van der Waals surface area contributed by atoms with Crippen LogP contribution in [0.4, 0.5) is 0 Å². The van der Waals surface area contributed by atoms with E-state index in [0.29, 0.717) is 12.3 Å². The average Bonchev–Trinajstić information content (AvgIpc) is 2.62. The van der Waals surface area contributed by atoms with Crippen LogP contribution in [0.25, 0.3) is 10.9 Å². The molecule has 4 heteroatoms. The van der Waals surface area contributed by atoms with Crippen LogP contribution in [0.5, 0.6) is 0 Å². The Labute approximate surface area is 152 Å². The van der Waals surface area contributed by atoms with Crippen LogP contribution in [0.2, 0.25) is 0 Å². The molecule has 128 valence electrons. The molecular weight excluding hydrogens is 328 g/mol. The molecule has 0 atom stereocenters. The van der Waals surface area contributed by atoms with Crippen molar-refractivity contribution in [1.82, 2.24) is 10.3 Å². The van der Waals surface area contributed by atoms with Crippen LogP contribution in [0.1, 0.15) is 22.3 Å². The summed E-state index contributed by atoms with van der Waals surface area (Å²) in [5, 5.41) is 5.04. The Morgan fingerprint density at radius 2 is 1.80 bits per heavy atom. The zero-order chi connectivity index (χ0) is 17.8. The van der Waals surface area contributed by atoms with Gasteiger partial charge in [-0.3, -0.25) is 4.79 Å². The van der Waals surface area contributed by atoms with Gasteiger partial charge in [0.15, 0.2) is 0 Å². The first-order valence-electron chi connectivity index (χ1n) is 8.35. The lowest BCUT2D eigenvalue weighted by Crippen LogP contribution is -2.24. The summed E-state index contributed by atoms with van der Waals surface area (Å²) in [6.45, 7) is 6.80. The topological polar surface area (TPSA) is 42.0 Å². The minimum atomic E-state index is 0.0242. The van der Waals surface area contributed by atoms with Crippen LogP contribution in [0.15, 0.2) is 53.6 Å². The van der Waals surface area contributed by atoms with Gasteiger partial charge in [-0.15, -0.1) is 0 Å². The van der Waals surface area contributed by atoms with Crippen molar-refractivity contribution in [3.05, 3.63) is 70.8 Å². The number of nitrogens with one attached hydrogen (secondary N) is 1. The van der Waals surface area contributed by atoms with E-state index in [1.807, 2.05) is 37.3 Å². The smallest absolute Gasteiger partial charge is 0.230 e. The van der Waals surface area contributed by atoms with Crippen molar-refractivity contribution in [3.63, 3.8) is 0 Å². The molecule has 3 aromatic rings. The van der Waals surface area contributed by atoms with Crippen molar-refractivity contribution in [2.75, 3.05) is 5.75 Å². The van der Waals surface area contributed by atoms with E-state index >= 15 is 0 Å². The Bertz CT molecular complexity index is 907. The third-order valence-corrected chi connectivity index (χ3v) is 5.42. The van der Waals surface area contributed by atoms with Gasteiger partial charge in [0.05, 0.1) is 11.3 Å². The molecule has 0 radical (unpaired) electrons. The second-order valence-electron chi connectivity index (χ2n) is 6.24. The number of amides is 1. The average molecular weight is 350 g/mol. The van der Waals surface area contributed by atoms with Gasteiger partial charge in [0.25, 0.3) is 0 Å². The van der Waals surface area contributed by atoms with Crippen LogP contribution in [-0.2, 0) is 11.3 Å². The number of carbonyl (C=O) groups excluding carboxylic acids is 1. The number of aryl methyl sites for hydroxylation is 3. The van der Waals surface area contributed by atoms with Gasteiger partial charge in [-0.1, -0.05) is 54.2 Å². The number of benzene rings is 2. The predicted molar refractivity (Wildman–Crippen MR) is 105 cm³/mol. The number of fused-ring (bicyclic) bond motifs is 1. The fourth-order valence-electron chi connectivity index (χ4n) is 2.70. The summed E-state index contributed by atoms with van der Waals surface area (Å²) in [5.41, 5.74) is 5.68. The fourth-order valence-corrected chi connectivity index (χ4v) is 3.51. The highest BCUT2D eigenvalue weighted by atomic mass is 32.2. The first-order valence-corrected chi connectivity index (χ1v) is 9.34. The standard InChI is InChI=1S/C21H22N2OS/c1-14-9-10-18-11-15(2)21(23-20(18)16(14)3)25-13-19(24)22-12-17-7-5-4-6-8-17/h4-11H,12-13H2,1-3H3,(H,22,24). The van der Waals surface area contributed by atoms with Crippen molar-refractivity contribution < 1.29 is 4.79 Å². The second kappa shape index (κ2) is 7.70. The highest BCUT2D eigenvalue weighted by Gasteiger charge is 2.10. The Morgan fingerprint density at radius 3 is 2.56 bits per heavy atom.